The van der Waals surface area contributed by atoms with Crippen LogP contribution in [0.3, 0.4) is 0 Å². The number of rotatable bonds is 1. The van der Waals surface area contributed by atoms with Gasteiger partial charge in [0.2, 0.25) is 0 Å². The van der Waals surface area contributed by atoms with Crippen molar-refractivity contribution in [2.75, 3.05) is 19.6 Å². The Morgan fingerprint density at radius 3 is 2.90 bits per heavy atom. The zero-order valence-corrected chi connectivity index (χ0v) is 13.3. The number of aromatic nitrogens is 3. The van der Waals surface area contributed by atoms with E-state index in [1.54, 1.807) is 10.7 Å². The molecule has 21 heavy (non-hydrogen) atoms. The van der Waals surface area contributed by atoms with Crippen molar-refractivity contribution in [1.82, 2.24) is 24.8 Å². The lowest BCUT2D eigenvalue weighted by molar-refractivity contribution is 0.0653. The van der Waals surface area contributed by atoms with E-state index in [1.165, 1.54) is 0 Å². The summed E-state index contributed by atoms with van der Waals surface area (Å²) in [6.45, 7) is 8.31. The smallest absolute Gasteiger partial charge is 0.257 e. The molecule has 0 radical (unpaired) electrons. The fourth-order valence-corrected chi connectivity index (χ4v) is 2.67. The minimum atomic E-state index is 0. The first-order chi connectivity index (χ1) is 9.58. The van der Waals surface area contributed by atoms with E-state index in [1.807, 2.05) is 24.8 Å². The molecule has 0 saturated carbocycles. The van der Waals surface area contributed by atoms with Crippen LogP contribution < -0.4 is 5.32 Å². The molecular weight excluding hydrogens is 290 g/mol. The highest BCUT2D eigenvalue weighted by Gasteiger charge is 2.26. The number of carbonyl (C=O) groups is 1. The minimum absolute atomic E-state index is 0. The van der Waals surface area contributed by atoms with E-state index in [-0.39, 0.29) is 24.4 Å². The first-order valence-electron chi connectivity index (χ1n) is 6.91. The molecule has 1 amide bonds. The Bertz CT molecular complexity index is 669. The van der Waals surface area contributed by atoms with Crippen LogP contribution in [-0.2, 0) is 0 Å². The molecule has 1 saturated heterocycles. The summed E-state index contributed by atoms with van der Waals surface area (Å²) >= 11 is 0. The number of amides is 1. The molecule has 1 fully saturated rings. The largest absolute Gasteiger partial charge is 0.333 e. The Hall–Kier alpha value is -1.66. The second-order valence-electron chi connectivity index (χ2n) is 5.36. The van der Waals surface area contributed by atoms with Crippen molar-refractivity contribution in [2.24, 2.45) is 0 Å². The molecule has 2 aromatic rings. The van der Waals surface area contributed by atoms with Crippen LogP contribution in [-0.4, -0.2) is 51.1 Å². The zero-order valence-electron chi connectivity index (χ0n) is 12.5. The van der Waals surface area contributed by atoms with Crippen molar-refractivity contribution in [2.45, 2.75) is 26.8 Å². The van der Waals surface area contributed by atoms with Crippen molar-refractivity contribution in [3.8, 4) is 0 Å². The van der Waals surface area contributed by atoms with Gasteiger partial charge >= 0.3 is 0 Å². The molecule has 1 aliphatic heterocycles. The SMILES string of the molecule is Cc1cc2ncc(C(=O)N3CCNC[C@@H]3C)c(C)n2n1.Cl. The number of nitrogens with zero attached hydrogens (tertiary/aromatic N) is 4. The summed E-state index contributed by atoms with van der Waals surface area (Å²) in [4.78, 5) is 18.9. The van der Waals surface area contributed by atoms with E-state index >= 15 is 0 Å². The van der Waals surface area contributed by atoms with Gasteiger partial charge in [0.25, 0.3) is 5.91 Å². The molecule has 1 aliphatic rings. The van der Waals surface area contributed by atoms with Gasteiger partial charge in [-0.05, 0) is 20.8 Å². The molecule has 6 nitrogen and oxygen atoms in total. The molecule has 0 spiro atoms. The zero-order chi connectivity index (χ0) is 14.3. The molecule has 0 aliphatic carbocycles. The Morgan fingerprint density at radius 1 is 1.43 bits per heavy atom. The number of halogens is 1. The second-order valence-corrected chi connectivity index (χ2v) is 5.36. The van der Waals surface area contributed by atoms with Crippen LogP contribution in [0.4, 0.5) is 0 Å². The molecule has 1 N–H and O–H groups in total. The number of aryl methyl sites for hydroxylation is 2. The molecule has 0 unspecified atom stereocenters. The number of hydrogen-bond acceptors (Lipinski definition) is 4. The maximum Gasteiger partial charge on any atom is 0.257 e. The predicted molar refractivity (Wildman–Crippen MR) is 83.1 cm³/mol. The molecule has 114 valence electrons. The highest BCUT2D eigenvalue weighted by Crippen LogP contribution is 2.15. The van der Waals surface area contributed by atoms with Crippen molar-refractivity contribution >= 4 is 24.0 Å². The van der Waals surface area contributed by atoms with Crippen LogP contribution in [0.1, 0.15) is 28.7 Å². The standard InChI is InChI=1S/C14H19N5O.ClH/c1-9-6-13-16-8-12(11(3)19(13)17-9)14(20)18-5-4-15-7-10(18)2;/h6,8,10,15H,4-5,7H2,1-3H3;1H/t10-;/m0./s1. The summed E-state index contributed by atoms with van der Waals surface area (Å²) in [5.74, 6) is 0.0408. The average molecular weight is 310 g/mol. The van der Waals surface area contributed by atoms with Gasteiger partial charge in [-0.1, -0.05) is 0 Å². The van der Waals surface area contributed by atoms with Gasteiger partial charge in [0.15, 0.2) is 5.65 Å². The lowest BCUT2D eigenvalue weighted by atomic mass is 10.1. The van der Waals surface area contributed by atoms with Crippen molar-refractivity contribution < 1.29 is 4.79 Å². The first-order valence-corrected chi connectivity index (χ1v) is 6.91. The molecule has 2 aromatic heterocycles. The number of nitrogens with one attached hydrogen (secondary N) is 1. The van der Waals surface area contributed by atoms with Crippen molar-refractivity contribution in [3.05, 3.63) is 29.2 Å². The fourth-order valence-electron chi connectivity index (χ4n) is 2.67. The predicted octanol–water partition coefficient (Wildman–Crippen LogP) is 1.20. The van der Waals surface area contributed by atoms with Crippen LogP contribution in [0.5, 0.6) is 0 Å². The number of piperazine rings is 1. The van der Waals surface area contributed by atoms with Crippen LogP contribution in [0.25, 0.3) is 5.65 Å². The van der Waals surface area contributed by atoms with E-state index < -0.39 is 0 Å². The average Bonchev–Trinajstić information content (AvgIpc) is 2.81. The normalized spacial score (nSPS) is 18.6. The number of carbonyl (C=O) groups excluding carboxylic acids is 1. The van der Waals surface area contributed by atoms with E-state index in [0.29, 0.717) is 5.56 Å². The third-order valence-corrected chi connectivity index (χ3v) is 3.84. The van der Waals surface area contributed by atoms with Crippen molar-refractivity contribution in [1.29, 1.82) is 0 Å². The third-order valence-electron chi connectivity index (χ3n) is 3.84. The minimum Gasteiger partial charge on any atom is -0.333 e. The Labute approximate surface area is 129 Å². The molecule has 0 aromatic carbocycles. The lowest BCUT2D eigenvalue weighted by Crippen LogP contribution is -2.52. The van der Waals surface area contributed by atoms with Gasteiger partial charge in [0.1, 0.15) is 0 Å². The maximum absolute atomic E-state index is 12.7. The molecule has 1 atom stereocenters. The van der Waals surface area contributed by atoms with Crippen molar-refractivity contribution in [3.63, 3.8) is 0 Å². The monoisotopic (exact) mass is 309 g/mol. The molecular formula is C14H20ClN5O. The molecule has 7 heteroatoms. The topological polar surface area (TPSA) is 62.5 Å². The molecule has 3 rings (SSSR count). The Morgan fingerprint density at radius 2 is 2.19 bits per heavy atom. The van der Waals surface area contributed by atoms with Crippen LogP contribution >= 0.6 is 12.4 Å². The summed E-state index contributed by atoms with van der Waals surface area (Å²) in [6.07, 6.45) is 1.67. The van der Waals surface area contributed by atoms with Gasteiger partial charge in [0.05, 0.1) is 17.0 Å². The number of fused-ring (bicyclic) bond motifs is 1. The van der Waals surface area contributed by atoms with Crippen LogP contribution in [0.2, 0.25) is 0 Å². The van der Waals surface area contributed by atoms with Gasteiger partial charge in [0, 0.05) is 37.9 Å². The van der Waals surface area contributed by atoms with Crippen LogP contribution in [0.15, 0.2) is 12.3 Å². The van der Waals surface area contributed by atoms with E-state index in [2.05, 4.69) is 22.3 Å². The van der Waals surface area contributed by atoms with Gasteiger partial charge in [-0.15, -0.1) is 12.4 Å². The second kappa shape index (κ2) is 5.99. The lowest BCUT2D eigenvalue weighted by Gasteiger charge is -2.34. The quantitative estimate of drug-likeness (QED) is 0.860. The highest BCUT2D eigenvalue weighted by molar-refractivity contribution is 5.95. The maximum atomic E-state index is 12.7. The van der Waals surface area contributed by atoms with Gasteiger partial charge in [-0.25, -0.2) is 9.50 Å². The Kier molecular flexibility index (Phi) is 4.49. The molecule has 0 bridgehead atoms. The highest BCUT2D eigenvalue weighted by atomic mass is 35.5. The van der Waals surface area contributed by atoms with Gasteiger partial charge in [-0.2, -0.15) is 5.10 Å². The number of hydrogen-bond donors (Lipinski definition) is 1. The Balaban J connectivity index is 0.00000161. The fraction of sp³-hybridized carbons (Fsp3) is 0.500. The summed E-state index contributed by atoms with van der Waals surface area (Å²) < 4.78 is 1.75. The van der Waals surface area contributed by atoms with Crippen LogP contribution in [0, 0.1) is 13.8 Å². The van der Waals surface area contributed by atoms with Gasteiger partial charge in [-0.3, -0.25) is 4.79 Å². The summed E-state index contributed by atoms with van der Waals surface area (Å²) in [6, 6.07) is 2.11. The summed E-state index contributed by atoms with van der Waals surface area (Å²) in [5.41, 5.74) is 3.17. The van der Waals surface area contributed by atoms with Gasteiger partial charge < -0.3 is 10.2 Å². The first kappa shape index (κ1) is 15.7. The summed E-state index contributed by atoms with van der Waals surface area (Å²) in [5, 5.41) is 7.68. The third kappa shape index (κ3) is 2.73. The van der Waals surface area contributed by atoms with E-state index in [4.69, 9.17) is 0 Å². The van der Waals surface area contributed by atoms with E-state index in [0.717, 1.165) is 36.7 Å². The van der Waals surface area contributed by atoms with E-state index in [9.17, 15) is 4.79 Å². The molecule has 3 heterocycles. The summed E-state index contributed by atoms with van der Waals surface area (Å²) in [7, 11) is 0.